The van der Waals surface area contributed by atoms with Gasteiger partial charge in [-0.2, -0.15) is 0 Å². The maximum Gasteiger partial charge on any atom is 0.243 e. The first-order valence-electron chi connectivity index (χ1n) is 10.6. The number of carbonyl (C=O) groups excluding carboxylic acids is 1. The largest absolute Gasteiger partial charge is 0.457 e. The molecule has 3 N–H and O–H groups in total. The van der Waals surface area contributed by atoms with Crippen molar-refractivity contribution in [1.82, 2.24) is 19.9 Å². The lowest BCUT2D eigenvalue weighted by Crippen LogP contribution is -2.40. The van der Waals surface area contributed by atoms with Crippen LogP contribution in [0.5, 0.6) is 11.5 Å². The van der Waals surface area contributed by atoms with Crippen molar-refractivity contribution < 1.29 is 13.9 Å². The Kier molecular flexibility index (Phi) is 5.26. The average Bonchev–Trinajstić information content (AvgIpc) is 3.16. The molecule has 8 heteroatoms. The third-order valence-corrected chi connectivity index (χ3v) is 5.83. The van der Waals surface area contributed by atoms with Gasteiger partial charge in [0.25, 0.3) is 0 Å². The Morgan fingerprint density at radius 3 is 2.55 bits per heavy atom. The van der Waals surface area contributed by atoms with Crippen LogP contribution in [0, 0.1) is 5.82 Å². The van der Waals surface area contributed by atoms with E-state index in [0.717, 1.165) is 40.7 Å². The van der Waals surface area contributed by atoms with Crippen molar-refractivity contribution in [3.05, 3.63) is 79.0 Å². The molecular formula is C25H22FN5O2. The molecule has 1 aliphatic heterocycles. The zero-order chi connectivity index (χ0) is 22.9. The van der Waals surface area contributed by atoms with E-state index in [9.17, 15) is 9.18 Å². The fourth-order valence-corrected chi connectivity index (χ4v) is 4.34. The third kappa shape index (κ3) is 3.91. The minimum absolute atomic E-state index is 0.0193. The van der Waals surface area contributed by atoms with Gasteiger partial charge in [0, 0.05) is 23.8 Å². The molecule has 0 spiro atoms. The molecule has 0 unspecified atom stereocenters. The van der Waals surface area contributed by atoms with Crippen LogP contribution in [-0.4, -0.2) is 26.5 Å². The summed E-state index contributed by atoms with van der Waals surface area (Å²) in [6.07, 6.45) is 4.29. The predicted octanol–water partition coefficient (Wildman–Crippen LogP) is 4.23. The van der Waals surface area contributed by atoms with E-state index in [-0.39, 0.29) is 17.8 Å². The summed E-state index contributed by atoms with van der Waals surface area (Å²) in [6.45, 7) is 4.12. The highest BCUT2D eigenvalue weighted by atomic mass is 19.1. The zero-order valence-corrected chi connectivity index (χ0v) is 17.8. The van der Waals surface area contributed by atoms with Crippen molar-refractivity contribution in [2.45, 2.75) is 25.4 Å². The van der Waals surface area contributed by atoms with E-state index in [0.29, 0.717) is 23.9 Å². The number of aromatic nitrogens is 3. The van der Waals surface area contributed by atoms with Crippen molar-refractivity contribution in [3.8, 4) is 22.6 Å². The number of nitrogens with one attached hydrogen (secondary N) is 1. The fourth-order valence-electron chi connectivity index (χ4n) is 4.34. The number of hydrogen-bond acceptors (Lipinski definition) is 5. The average molecular weight is 443 g/mol. The lowest BCUT2D eigenvalue weighted by molar-refractivity contribution is -0.117. The van der Waals surface area contributed by atoms with Crippen LogP contribution in [0.25, 0.3) is 22.2 Å². The number of amides is 1. The molecule has 0 saturated carbocycles. The van der Waals surface area contributed by atoms with Crippen LogP contribution in [0.4, 0.5) is 10.2 Å². The molecule has 0 fully saturated rings. The van der Waals surface area contributed by atoms with Crippen LogP contribution in [0.3, 0.4) is 0 Å². The molecule has 1 aliphatic rings. The normalized spacial score (nSPS) is 15.1. The number of benzene rings is 2. The maximum atomic E-state index is 13.1. The predicted molar refractivity (Wildman–Crippen MR) is 124 cm³/mol. The molecule has 0 bridgehead atoms. The van der Waals surface area contributed by atoms with Crippen molar-refractivity contribution in [3.63, 3.8) is 0 Å². The molecule has 33 heavy (non-hydrogen) atoms. The quantitative estimate of drug-likeness (QED) is 0.450. The van der Waals surface area contributed by atoms with Gasteiger partial charge in [0.1, 0.15) is 35.1 Å². The van der Waals surface area contributed by atoms with Gasteiger partial charge in [0.05, 0.1) is 5.39 Å². The van der Waals surface area contributed by atoms with Gasteiger partial charge in [0.15, 0.2) is 0 Å². The van der Waals surface area contributed by atoms with E-state index >= 15 is 0 Å². The molecule has 2 aromatic heterocycles. The summed E-state index contributed by atoms with van der Waals surface area (Å²) in [5.74, 6) is 1.11. The summed E-state index contributed by atoms with van der Waals surface area (Å²) in [6, 6.07) is 13.5. The van der Waals surface area contributed by atoms with Crippen LogP contribution >= 0.6 is 0 Å². The van der Waals surface area contributed by atoms with E-state index in [1.165, 1.54) is 24.5 Å². The van der Waals surface area contributed by atoms with E-state index in [1.807, 2.05) is 24.3 Å². The summed E-state index contributed by atoms with van der Waals surface area (Å²) in [5.41, 5.74) is 10.1. The van der Waals surface area contributed by atoms with E-state index < -0.39 is 0 Å². The molecule has 2 aromatic carbocycles. The van der Waals surface area contributed by atoms with Gasteiger partial charge < -0.3 is 20.4 Å². The SMILES string of the molecule is C=CC(=O)N[C@@H]1CCc2c(-c3ccc(Oc4ccc(F)cc4)cc3)c3c(N)ncnc3n2C1. The van der Waals surface area contributed by atoms with Crippen molar-refractivity contribution >= 4 is 22.8 Å². The molecule has 7 nitrogen and oxygen atoms in total. The van der Waals surface area contributed by atoms with Crippen LogP contribution in [0.1, 0.15) is 12.1 Å². The number of halogens is 1. The molecule has 5 rings (SSSR count). The standard InChI is InChI=1S/C25H22FN5O2/c1-2-21(32)30-17-7-12-20-22(23-24(27)28-14-29-25(23)31(20)13-17)15-3-8-18(9-4-15)33-19-10-5-16(26)6-11-19/h2-6,8-11,14,17H,1,7,12-13H2,(H,30,32)(H2,27,28,29)/t17-/m1/s1. The Hall–Kier alpha value is -4.20. The van der Waals surface area contributed by atoms with Gasteiger partial charge >= 0.3 is 0 Å². The molecule has 1 atom stereocenters. The number of carbonyl (C=O) groups is 1. The van der Waals surface area contributed by atoms with Gasteiger partial charge in [0.2, 0.25) is 5.91 Å². The van der Waals surface area contributed by atoms with Gasteiger partial charge in [-0.15, -0.1) is 0 Å². The van der Waals surface area contributed by atoms with E-state index in [1.54, 1.807) is 12.1 Å². The third-order valence-electron chi connectivity index (χ3n) is 5.83. The number of nitrogens with zero attached hydrogens (tertiary/aromatic N) is 3. The van der Waals surface area contributed by atoms with Gasteiger partial charge in [-0.3, -0.25) is 4.79 Å². The number of nitrogen functional groups attached to an aromatic ring is 1. The van der Waals surface area contributed by atoms with E-state index in [2.05, 4.69) is 26.4 Å². The van der Waals surface area contributed by atoms with Gasteiger partial charge in [-0.25, -0.2) is 14.4 Å². The Labute approximate surface area is 189 Å². The number of anilines is 1. The number of hydrogen-bond donors (Lipinski definition) is 2. The molecule has 0 radical (unpaired) electrons. The Bertz CT molecular complexity index is 1350. The second-order valence-corrected chi connectivity index (χ2v) is 7.92. The van der Waals surface area contributed by atoms with Crippen molar-refractivity contribution in [2.75, 3.05) is 5.73 Å². The topological polar surface area (TPSA) is 95.1 Å². The molecule has 0 saturated heterocycles. The lowest BCUT2D eigenvalue weighted by Gasteiger charge is -2.26. The summed E-state index contributed by atoms with van der Waals surface area (Å²) in [5, 5.41) is 3.78. The minimum atomic E-state index is -0.311. The first-order valence-corrected chi connectivity index (χ1v) is 10.6. The molecule has 0 aliphatic carbocycles. The van der Waals surface area contributed by atoms with Crippen LogP contribution in [0.15, 0.2) is 67.5 Å². The first-order chi connectivity index (χ1) is 16.0. The van der Waals surface area contributed by atoms with Crippen molar-refractivity contribution in [2.24, 2.45) is 0 Å². The molecule has 3 heterocycles. The monoisotopic (exact) mass is 443 g/mol. The first kappa shape index (κ1) is 20.7. The highest BCUT2D eigenvalue weighted by molar-refractivity contribution is 6.02. The Morgan fingerprint density at radius 2 is 1.85 bits per heavy atom. The minimum Gasteiger partial charge on any atom is -0.457 e. The Balaban J connectivity index is 1.51. The number of fused-ring (bicyclic) bond motifs is 3. The van der Waals surface area contributed by atoms with Crippen molar-refractivity contribution in [1.29, 1.82) is 0 Å². The van der Waals surface area contributed by atoms with Gasteiger partial charge in [-0.1, -0.05) is 18.7 Å². The van der Waals surface area contributed by atoms with Crippen LogP contribution in [-0.2, 0) is 17.8 Å². The number of rotatable bonds is 5. The lowest BCUT2D eigenvalue weighted by atomic mass is 9.97. The molecule has 1 amide bonds. The zero-order valence-electron chi connectivity index (χ0n) is 17.8. The van der Waals surface area contributed by atoms with E-state index in [4.69, 9.17) is 10.5 Å². The highest BCUT2D eigenvalue weighted by Crippen LogP contribution is 2.40. The van der Waals surface area contributed by atoms with Gasteiger partial charge in [-0.05, 0) is 60.9 Å². The highest BCUT2D eigenvalue weighted by Gasteiger charge is 2.28. The number of ether oxygens (including phenoxy) is 1. The second kappa shape index (κ2) is 8.38. The molecule has 166 valence electrons. The van der Waals surface area contributed by atoms with Crippen LogP contribution in [0.2, 0.25) is 0 Å². The fraction of sp³-hybridized carbons (Fsp3) is 0.160. The maximum absolute atomic E-state index is 13.1. The number of nitrogens with two attached hydrogens (primary N) is 1. The summed E-state index contributed by atoms with van der Waals surface area (Å²) >= 11 is 0. The summed E-state index contributed by atoms with van der Waals surface area (Å²) in [7, 11) is 0. The second-order valence-electron chi connectivity index (χ2n) is 7.92. The summed E-state index contributed by atoms with van der Waals surface area (Å²) in [4.78, 5) is 20.5. The smallest absolute Gasteiger partial charge is 0.243 e. The summed E-state index contributed by atoms with van der Waals surface area (Å²) < 4.78 is 21.1. The van der Waals surface area contributed by atoms with Crippen LogP contribution < -0.4 is 15.8 Å². The Morgan fingerprint density at radius 1 is 1.15 bits per heavy atom. The molecular weight excluding hydrogens is 421 g/mol. The molecule has 4 aromatic rings.